The summed E-state index contributed by atoms with van der Waals surface area (Å²) in [6.07, 6.45) is 9.96. The molecule has 0 aromatic heterocycles. The Bertz CT molecular complexity index is 615. The molecule has 0 spiro atoms. The predicted molar refractivity (Wildman–Crippen MR) is 80.4 cm³/mol. The van der Waals surface area contributed by atoms with Crippen LogP contribution in [0, 0.1) is 17.8 Å². The third-order valence-corrected chi connectivity index (χ3v) is 4.15. The molecule has 0 saturated heterocycles. The maximum atomic E-state index is 11.7. The summed E-state index contributed by atoms with van der Waals surface area (Å²) >= 11 is 0. The second-order valence-electron chi connectivity index (χ2n) is 5.66. The van der Waals surface area contributed by atoms with Gasteiger partial charge in [0.25, 0.3) is 0 Å². The lowest BCUT2D eigenvalue weighted by Gasteiger charge is -2.42. The summed E-state index contributed by atoms with van der Waals surface area (Å²) in [5, 5.41) is 19.9. The van der Waals surface area contributed by atoms with E-state index < -0.39 is 17.0 Å². The summed E-state index contributed by atoms with van der Waals surface area (Å²) in [4.78, 5) is 22.6. The fraction of sp³-hybridized carbons (Fsp3) is 0.412. The highest BCUT2D eigenvalue weighted by molar-refractivity contribution is 5.93. The molecular weight excluding hydrogens is 268 g/mol. The summed E-state index contributed by atoms with van der Waals surface area (Å²) in [5.74, 6) is 1.37. The molecule has 0 saturated carbocycles. The van der Waals surface area contributed by atoms with Gasteiger partial charge in [-0.2, -0.15) is 0 Å². The normalized spacial score (nSPS) is 30.7. The van der Waals surface area contributed by atoms with E-state index in [1.807, 2.05) is 0 Å². The number of hydrogen-bond acceptors (Lipinski definition) is 3. The molecule has 1 rings (SSSR count). The number of carboxylic acids is 1. The minimum Gasteiger partial charge on any atom is -0.478 e. The molecule has 1 aliphatic rings. The van der Waals surface area contributed by atoms with Crippen molar-refractivity contribution in [3.63, 3.8) is 0 Å². The number of ketones is 1. The highest BCUT2D eigenvalue weighted by Crippen LogP contribution is 2.44. The van der Waals surface area contributed by atoms with Gasteiger partial charge in [0.15, 0.2) is 5.78 Å². The molecule has 0 unspecified atom stereocenters. The number of rotatable bonds is 3. The van der Waals surface area contributed by atoms with Crippen LogP contribution in [-0.2, 0) is 9.59 Å². The number of carbonyl (C=O) groups excluding carboxylic acids is 1. The molecule has 1 aliphatic carbocycles. The van der Waals surface area contributed by atoms with E-state index >= 15 is 0 Å². The number of carbonyl (C=O) groups is 2. The minimum absolute atomic E-state index is 0.0440. The van der Waals surface area contributed by atoms with E-state index in [4.69, 9.17) is 11.5 Å². The van der Waals surface area contributed by atoms with Crippen LogP contribution >= 0.6 is 0 Å². The Morgan fingerprint density at radius 1 is 1.48 bits per heavy atom. The summed E-state index contributed by atoms with van der Waals surface area (Å²) in [7, 11) is 0. The van der Waals surface area contributed by atoms with Crippen molar-refractivity contribution in [1.82, 2.24) is 0 Å². The molecule has 2 atom stereocenters. The van der Waals surface area contributed by atoms with Gasteiger partial charge in [-0.1, -0.05) is 12.0 Å². The lowest BCUT2D eigenvalue weighted by Crippen LogP contribution is -2.49. The van der Waals surface area contributed by atoms with E-state index in [1.165, 1.54) is 25.2 Å². The topological polar surface area (TPSA) is 74.6 Å². The molecule has 0 aliphatic heterocycles. The molecule has 112 valence electrons. The zero-order valence-corrected chi connectivity index (χ0v) is 12.7. The SMILES string of the molecule is C#C[C@@]1(C)CC(=O)C=C(C)[C@]1(O)C=CC(C)=C(C)C(=O)O. The molecule has 0 amide bonds. The molecule has 4 nitrogen and oxygen atoms in total. The van der Waals surface area contributed by atoms with Gasteiger partial charge < -0.3 is 10.2 Å². The standard InChI is InChI=1S/C17H20O4/c1-6-16(5)10-14(18)9-12(3)17(16,21)8-7-11(2)13(4)15(19)20/h1,7-9,21H,10H2,2-5H3,(H,19,20)/t16-,17+/m0/s1. The van der Waals surface area contributed by atoms with E-state index in [0.29, 0.717) is 11.1 Å². The zero-order chi connectivity index (χ0) is 16.4. The number of carboxylic acid groups (broad SMARTS) is 1. The van der Waals surface area contributed by atoms with Crippen LogP contribution in [0.5, 0.6) is 0 Å². The van der Waals surface area contributed by atoms with Crippen molar-refractivity contribution < 1.29 is 19.8 Å². The van der Waals surface area contributed by atoms with Crippen LogP contribution in [0.2, 0.25) is 0 Å². The maximum absolute atomic E-state index is 11.7. The molecule has 0 aromatic rings. The van der Waals surface area contributed by atoms with Gasteiger partial charge in [0.1, 0.15) is 5.60 Å². The highest BCUT2D eigenvalue weighted by Gasteiger charge is 2.49. The summed E-state index contributed by atoms with van der Waals surface area (Å²) in [6.45, 7) is 6.41. The van der Waals surface area contributed by atoms with Crippen LogP contribution < -0.4 is 0 Å². The van der Waals surface area contributed by atoms with Gasteiger partial charge in [-0.05, 0) is 51.0 Å². The lowest BCUT2D eigenvalue weighted by atomic mass is 9.64. The molecule has 0 heterocycles. The highest BCUT2D eigenvalue weighted by atomic mass is 16.4. The first-order chi connectivity index (χ1) is 9.57. The Morgan fingerprint density at radius 2 is 2.05 bits per heavy atom. The largest absolute Gasteiger partial charge is 0.478 e. The number of aliphatic hydroxyl groups is 1. The Labute approximate surface area is 124 Å². The van der Waals surface area contributed by atoms with E-state index in [2.05, 4.69) is 5.92 Å². The lowest BCUT2D eigenvalue weighted by molar-refractivity contribution is -0.132. The van der Waals surface area contributed by atoms with Crippen molar-refractivity contribution in [3.8, 4) is 12.3 Å². The zero-order valence-electron chi connectivity index (χ0n) is 12.7. The molecule has 0 radical (unpaired) electrons. The van der Waals surface area contributed by atoms with Gasteiger partial charge in [0.2, 0.25) is 0 Å². The quantitative estimate of drug-likeness (QED) is 0.474. The van der Waals surface area contributed by atoms with E-state index in [9.17, 15) is 14.7 Å². The van der Waals surface area contributed by atoms with Crippen LogP contribution in [0.15, 0.2) is 34.9 Å². The average molecular weight is 288 g/mol. The van der Waals surface area contributed by atoms with Crippen LogP contribution in [-0.4, -0.2) is 27.6 Å². The smallest absolute Gasteiger partial charge is 0.331 e. The van der Waals surface area contributed by atoms with Crippen molar-refractivity contribution in [3.05, 3.63) is 34.9 Å². The second kappa shape index (κ2) is 5.71. The Morgan fingerprint density at radius 3 is 2.52 bits per heavy atom. The molecule has 0 bridgehead atoms. The monoisotopic (exact) mass is 288 g/mol. The molecule has 0 fully saturated rings. The van der Waals surface area contributed by atoms with Crippen molar-refractivity contribution in [2.24, 2.45) is 5.41 Å². The number of terminal acetylenes is 1. The molecular formula is C17H20O4. The number of allylic oxidation sites excluding steroid dienone is 3. The van der Waals surface area contributed by atoms with Crippen LogP contribution in [0.4, 0.5) is 0 Å². The number of aliphatic carboxylic acids is 1. The fourth-order valence-electron chi connectivity index (χ4n) is 2.34. The summed E-state index contributed by atoms with van der Waals surface area (Å²) in [6, 6.07) is 0. The Kier molecular flexibility index (Phi) is 4.60. The van der Waals surface area contributed by atoms with Gasteiger partial charge in [-0.15, -0.1) is 6.42 Å². The number of hydrogen-bond donors (Lipinski definition) is 2. The molecule has 0 aromatic carbocycles. The Hall–Kier alpha value is -2.12. The van der Waals surface area contributed by atoms with Crippen molar-refractivity contribution >= 4 is 11.8 Å². The van der Waals surface area contributed by atoms with Crippen LogP contribution in [0.25, 0.3) is 0 Å². The van der Waals surface area contributed by atoms with Crippen molar-refractivity contribution in [2.45, 2.75) is 39.7 Å². The van der Waals surface area contributed by atoms with Crippen molar-refractivity contribution in [1.29, 1.82) is 0 Å². The van der Waals surface area contributed by atoms with Gasteiger partial charge in [-0.25, -0.2) is 4.79 Å². The van der Waals surface area contributed by atoms with E-state index in [-0.39, 0.29) is 17.8 Å². The first-order valence-corrected chi connectivity index (χ1v) is 6.59. The van der Waals surface area contributed by atoms with Crippen LogP contribution in [0.3, 0.4) is 0 Å². The first-order valence-electron chi connectivity index (χ1n) is 6.59. The van der Waals surface area contributed by atoms with E-state index in [1.54, 1.807) is 20.8 Å². The van der Waals surface area contributed by atoms with Crippen LogP contribution in [0.1, 0.15) is 34.1 Å². The van der Waals surface area contributed by atoms with Crippen molar-refractivity contribution in [2.75, 3.05) is 0 Å². The minimum atomic E-state index is -1.48. The second-order valence-corrected chi connectivity index (χ2v) is 5.66. The van der Waals surface area contributed by atoms with Gasteiger partial charge in [0.05, 0.1) is 5.41 Å². The predicted octanol–water partition coefficient (Wildman–Crippen LogP) is 2.25. The van der Waals surface area contributed by atoms with E-state index in [0.717, 1.165) is 0 Å². The molecule has 4 heteroatoms. The summed E-state index contributed by atoms with van der Waals surface area (Å²) < 4.78 is 0. The van der Waals surface area contributed by atoms with Gasteiger partial charge in [-0.3, -0.25) is 4.79 Å². The summed E-state index contributed by atoms with van der Waals surface area (Å²) in [5.41, 5.74) is -1.38. The fourth-order valence-corrected chi connectivity index (χ4v) is 2.34. The Balaban J connectivity index is 3.35. The molecule has 2 N–H and O–H groups in total. The third-order valence-electron chi connectivity index (χ3n) is 4.15. The third kappa shape index (κ3) is 2.98. The average Bonchev–Trinajstić information content (AvgIpc) is 2.41. The first kappa shape index (κ1) is 16.9. The van der Waals surface area contributed by atoms with Gasteiger partial charge >= 0.3 is 5.97 Å². The molecule has 21 heavy (non-hydrogen) atoms. The van der Waals surface area contributed by atoms with Gasteiger partial charge in [0, 0.05) is 12.0 Å². The maximum Gasteiger partial charge on any atom is 0.331 e.